The van der Waals surface area contributed by atoms with Crippen LogP contribution >= 0.6 is 11.6 Å². The van der Waals surface area contributed by atoms with Gasteiger partial charge in [0.25, 0.3) is 0 Å². The minimum absolute atomic E-state index is 0.221. The molecule has 0 spiro atoms. The zero-order valence-electron chi connectivity index (χ0n) is 14.2. The summed E-state index contributed by atoms with van der Waals surface area (Å²) < 4.78 is 5.10. The van der Waals surface area contributed by atoms with Gasteiger partial charge in [0, 0.05) is 18.1 Å². The number of esters is 1. The van der Waals surface area contributed by atoms with E-state index < -0.39 is 17.9 Å². The number of rotatable bonds is 3. The lowest BCUT2D eigenvalue weighted by atomic mass is 9.91. The smallest absolute Gasteiger partial charge is 0.321 e. The fourth-order valence-corrected chi connectivity index (χ4v) is 3.36. The van der Waals surface area contributed by atoms with E-state index in [2.05, 4.69) is 10.2 Å². The Labute approximate surface area is 152 Å². The van der Waals surface area contributed by atoms with Crippen molar-refractivity contribution in [1.82, 2.24) is 10.2 Å². The summed E-state index contributed by atoms with van der Waals surface area (Å²) in [5, 5.41) is 3.39. The first kappa shape index (κ1) is 17.7. The molecule has 134 valence electrons. The molecule has 2 aliphatic heterocycles. The molecule has 1 saturated heterocycles. The molecule has 3 rings (SSSR count). The standard InChI is InChI=1S/C18H22ClN3O3/c1-2-25-17(24)14-15(12-6-8-13(19)9-7-12)20-18(21-16(14)23)22-10-4-3-5-11-22/h6-9,14-15H,2-5,10-11H2,1H3,(H,20,21,23)/t14-,15+/m1/s1. The Morgan fingerprint density at radius 1 is 1.28 bits per heavy atom. The van der Waals surface area contributed by atoms with Crippen molar-refractivity contribution < 1.29 is 14.3 Å². The summed E-state index contributed by atoms with van der Waals surface area (Å²) in [5.74, 6) is -1.37. The quantitative estimate of drug-likeness (QED) is 0.661. The minimum Gasteiger partial charge on any atom is -0.465 e. The number of aliphatic imine (C=N–C) groups is 1. The van der Waals surface area contributed by atoms with Gasteiger partial charge in [-0.2, -0.15) is 0 Å². The molecule has 25 heavy (non-hydrogen) atoms. The van der Waals surface area contributed by atoms with Crippen LogP contribution in [0.15, 0.2) is 29.3 Å². The monoisotopic (exact) mass is 363 g/mol. The van der Waals surface area contributed by atoms with Gasteiger partial charge in [-0.3, -0.25) is 14.9 Å². The molecule has 0 aromatic heterocycles. The second-order valence-corrected chi connectivity index (χ2v) is 6.65. The molecule has 0 unspecified atom stereocenters. The molecule has 1 N–H and O–H groups in total. The number of amides is 1. The van der Waals surface area contributed by atoms with Gasteiger partial charge in [-0.15, -0.1) is 0 Å². The summed E-state index contributed by atoms with van der Waals surface area (Å²) in [6, 6.07) is 6.47. The lowest BCUT2D eigenvalue weighted by molar-refractivity contribution is -0.153. The molecule has 6 nitrogen and oxygen atoms in total. The fourth-order valence-electron chi connectivity index (χ4n) is 3.23. The largest absolute Gasteiger partial charge is 0.465 e. The lowest BCUT2D eigenvalue weighted by Crippen LogP contribution is -2.53. The molecule has 1 fully saturated rings. The average Bonchev–Trinajstić information content (AvgIpc) is 2.62. The Morgan fingerprint density at radius 3 is 2.60 bits per heavy atom. The van der Waals surface area contributed by atoms with Crippen molar-refractivity contribution in [3.8, 4) is 0 Å². The van der Waals surface area contributed by atoms with Crippen LogP contribution in [0.4, 0.5) is 0 Å². The van der Waals surface area contributed by atoms with E-state index in [1.54, 1.807) is 31.2 Å². The van der Waals surface area contributed by atoms with Crippen LogP contribution in [0.2, 0.25) is 5.02 Å². The van der Waals surface area contributed by atoms with Crippen LogP contribution in [0.1, 0.15) is 37.8 Å². The summed E-state index contributed by atoms with van der Waals surface area (Å²) in [4.78, 5) is 31.8. The van der Waals surface area contributed by atoms with Gasteiger partial charge >= 0.3 is 5.97 Å². The third-order valence-electron chi connectivity index (χ3n) is 4.50. The number of hydrogen-bond acceptors (Lipinski definition) is 5. The normalized spacial score (nSPS) is 23.7. The highest BCUT2D eigenvalue weighted by molar-refractivity contribution is 6.30. The molecule has 2 atom stereocenters. The Bertz CT molecular complexity index is 669. The molecule has 0 aliphatic carbocycles. The number of hydrogen-bond donors (Lipinski definition) is 1. The molecule has 1 amide bonds. The molecule has 7 heteroatoms. The maximum atomic E-state index is 12.7. The fraction of sp³-hybridized carbons (Fsp3) is 0.500. The van der Waals surface area contributed by atoms with Crippen LogP contribution in [0.25, 0.3) is 0 Å². The van der Waals surface area contributed by atoms with E-state index in [0.29, 0.717) is 11.0 Å². The van der Waals surface area contributed by atoms with Gasteiger partial charge in [-0.05, 0) is 43.9 Å². The van der Waals surface area contributed by atoms with Gasteiger partial charge in [0.1, 0.15) is 6.04 Å². The first-order valence-electron chi connectivity index (χ1n) is 8.66. The van der Waals surface area contributed by atoms with Gasteiger partial charge in [-0.1, -0.05) is 23.7 Å². The number of ether oxygens (including phenoxy) is 1. The van der Waals surface area contributed by atoms with Crippen molar-refractivity contribution in [1.29, 1.82) is 0 Å². The number of carbonyl (C=O) groups excluding carboxylic acids is 2. The van der Waals surface area contributed by atoms with E-state index in [4.69, 9.17) is 21.3 Å². The molecule has 0 radical (unpaired) electrons. The summed E-state index contributed by atoms with van der Waals surface area (Å²) in [5.41, 5.74) is 0.770. The topological polar surface area (TPSA) is 71.0 Å². The number of nitrogens with zero attached hydrogens (tertiary/aromatic N) is 2. The van der Waals surface area contributed by atoms with Crippen LogP contribution in [-0.2, 0) is 14.3 Å². The molecule has 0 bridgehead atoms. The van der Waals surface area contributed by atoms with Crippen molar-refractivity contribution in [2.75, 3.05) is 19.7 Å². The van der Waals surface area contributed by atoms with Crippen molar-refractivity contribution in [2.24, 2.45) is 10.9 Å². The Morgan fingerprint density at radius 2 is 1.96 bits per heavy atom. The first-order chi connectivity index (χ1) is 12.1. The molecule has 2 aliphatic rings. The van der Waals surface area contributed by atoms with E-state index in [1.807, 2.05) is 0 Å². The number of nitrogens with one attached hydrogen (secondary N) is 1. The van der Waals surface area contributed by atoms with E-state index in [0.717, 1.165) is 31.5 Å². The molecule has 0 saturated carbocycles. The number of likely N-dealkylation sites (tertiary alicyclic amines) is 1. The number of halogens is 1. The number of piperidine rings is 1. The lowest BCUT2D eigenvalue weighted by Gasteiger charge is -2.35. The predicted octanol–water partition coefficient (Wildman–Crippen LogP) is 2.53. The van der Waals surface area contributed by atoms with Crippen molar-refractivity contribution >= 4 is 29.4 Å². The van der Waals surface area contributed by atoms with Crippen LogP contribution < -0.4 is 5.32 Å². The summed E-state index contributed by atoms with van der Waals surface area (Å²) in [6.07, 6.45) is 3.33. The van der Waals surface area contributed by atoms with E-state index >= 15 is 0 Å². The Kier molecular flexibility index (Phi) is 5.58. The van der Waals surface area contributed by atoms with Crippen molar-refractivity contribution in [3.63, 3.8) is 0 Å². The molecular weight excluding hydrogens is 342 g/mol. The van der Waals surface area contributed by atoms with Gasteiger partial charge in [-0.25, -0.2) is 4.99 Å². The predicted molar refractivity (Wildman–Crippen MR) is 95.3 cm³/mol. The van der Waals surface area contributed by atoms with E-state index in [9.17, 15) is 9.59 Å². The van der Waals surface area contributed by atoms with Crippen LogP contribution in [0.3, 0.4) is 0 Å². The van der Waals surface area contributed by atoms with Crippen molar-refractivity contribution in [3.05, 3.63) is 34.9 Å². The van der Waals surface area contributed by atoms with Crippen LogP contribution in [-0.4, -0.2) is 42.4 Å². The van der Waals surface area contributed by atoms with Gasteiger partial charge in [0.15, 0.2) is 5.92 Å². The highest BCUT2D eigenvalue weighted by Crippen LogP contribution is 2.31. The average molecular weight is 364 g/mol. The number of benzene rings is 1. The zero-order chi connectivity index (χ0) is 17.8. The van der Waals surface area contributed by atoms with Gasteiger partial charge < -0.3 is 9.64 Å². The maximum absolute atomic E-state index is 12.7. The summed E-state index contributed by atoms with van der Waals surface area (Å²) >= 11 is 5.96. The summed E-state index contributed by atoms with van der Waals surface area (Å²) in [7, 11) is 0. The second-order valence-electron chi connectivity index (χ2n) is 6.22. The van der Waals surface area contributed by atoms with Crippen LogP contribution in [0, 0.1) is 5.92 Å². The van der Waals surface area contributed by atoms with E-state index in [1.165, 1.54) is 6.42 Å². The van der Waals surface area contributed by atoms with Gasteiger partial charge in [0.05, 0.1) is 6.61 Å². The highest BCUT2D eigenvalue weighted by Gasteiger charge is 2.42. The zero-order valence-corrected chi connectivity index (χ0v) is 15.0. The third-order valence-corrected chi connectivity index (χ3v) is 4.75. The molecule has 1 aromatic rings. The Hall–Kier alpha value is -2.08. The first-order valence-corrected chi connectivity index (χ1v) is 9.03. The minimum atomic E-state index is -0.991. The van der Waals surface area contributed by atoms with Crippen molar-refractivity contribution in [2.45, 2.75) is 32.2 Å². The van der Waals surface area contributed by atoms with Gasteiger partial charge in [0.2, 0.25) is 11.9 Å². The molecular formula is C18H22ClN3O3. The SMILES string of the molecule is CCOC(=O)[C@H]1C(=O)NC(N2CCCCC2)=N[C@H]1c1ccc(Cl)cc1. The van der Waals surface area contributed by atoms with E-state index in [-0.39, 0.29) is 12.5 Å². The number of carbonyl (C=O) groups is 2. The maximum Gasteiger partial charge on any atom is 0.321 e. The van der Waals surface area contributed by atoms with Crippen LogP contribution in [0.5, 0.6) is 0 Å². The third kappa shape index (κ3) is 3.95. The summed E-state index contributed by atoms with van der Waals surface area (Å²) in [6.45, 7) is 3.66. The molecule has 1 aromatic carbocycles. The highest BCUT2D eigenvalue weighted by atomic mass is 35.5. The second kappa shape index (κ2) is 7.87. The number of guanidine groups is 1. The Balaban J connectivity index is 1.95. The molecule has 2 heterocycles.